The number of hydrogen-bond acceptors (Lipinski definition) is 4. The van der Waals surface area contributed by atoms with Crippen LogP contribution in [0.5, 0.6) is 11.5 Å². The van der Waals surface area contributed by atoms with E-state index in [-0.39, 0.29) is 11.8 Å². The van der Waals surface area contributed by atoms with Gasteiger partial charge < -0.3 is 19.7 Å². The first-order chi connectivity index (χ1) is 13.0. The second-order valence-corrected chi connectivity index (χ2v) is 6.62. The maximum atomic E-state index is 12.4. The lowest BCUT2D eigenvalue weighted by Gasteiger charge is -2.20. The fourth-order valence-electron chi connectivity index (χ4n) is 2.91. The third kappa shape index (κ3) is 4.34. The van der Waals surface area contributed by atoms with E-state index in [9.17, 15) is 9.59 Å². The van der Waals surface area contributed by atoms with Crippen molar-refractivity contribution < 1.29 is 19.1 Å². The first-order valence-corrected chi connectivity index (χ1v) is 9.08. The Hall–Kier alpha value is -2.73. The Morgan fingerprint density at radius 3 is 2.67 bits per heavy atom. The van der Waals surface area contributed by atoms with Crippen LogP contribution in [0.15, 0.2) is 42.5 Å². The Labute approximate surface area is 163 Å². The molecule has 0 spiro atoms. The molecule has 1 aliphatic heterocycles. The molecule has 7 heteroatoms. The Morgan fingerprint density at radius 2 is 2.00 bits per heavy atom. The Balaban J connectivity index is 1.70. The molecule has 2 amide bonds. The number of carbonyl (C=O) groups excluding carboxylic acids is 2. The number of benzene rings is 2. The summed E-state index contributed by atoms with van der Waals surface area (Å²) in [7, 11) is 1.54. The van der Waals surface area contributed by atoms with E-state index in [0.717, 1.165) is 6.42 Å². The van der Waals surface area contributed by atoms with Gasteiger partial charge in [-0.25, -0.2) is 0 Å². The molecular formula is C20H21ClN2O4. The number of halogens is 1. The summed E-state index contributed by atoms with van der Waals surface area (Å²) >= 11 is 6.06. The summed E-state index contributed by atoms with van der Waals surface area (Å²) in [6.45, 7) is 2.32. The highest BCUT2D eigenvalue weighted by atomic mass is 35.5. The zero-order valence-electron chi connectivity index (χ0n) is 15.2. The van der Waals surface area contributed by atoms with Crippen LogP contribution in [-0.2, 0) is 9.59 Å². The largest absolute Gasteiger partial charge is 0.494 e. The van der Waals surface area contributed by atoms with Crippen LogP contribution in [0.2, 0.25) is 5.02 Å². The Bertz CT molecular complexity index is 856. The topological polar surface area (TPSA) is 67.9 Å². The number of amides is 2. The van der Waals surface area contributed by atoms with Gasteiger partial charge in [-0.2, -0.15) is 0 Å². The Kier molecular flexibility index (Phi) is 5.86. The maximum Gasteiger partial charge on any atom is 0.265 e. The van der Waals surface area contributed by atoms with E-state index in [1.807, 2.05) is 0 Å². The SMILES string of the molecule is COc1cc(NC(=O)C(C)Oc2ccccc2Cl)ccc1N1CCCC1=O. The van der Waals surface area contributed by atoms with Gasteiger partial charge in [0, 0.05) is 24.7 Å². The van der Waals surface area contributed by atoms with Crippen molar-refractivity contribution in [2.75, 3.05) is 23.9 Å². The van der Waals surface area contributed by atoms with Gasteiger partial charge in [-0.3, -0.25) is 9.59 Å². The fourth-order valence-corrected chi connectivity index (χ4v) is 3.09. The van der Waals surface area contributed by atoms with Gasteiger partial charge in [-0.15, -0.1) is 0 Å². The van der Waals surface area contributed by atoms with E-state index in [2.05, 4.69) is 5.32 Å². The van der Waals surface area contributed by atoms with Crippen LogP contribution in [0.1, 0.15) is 19.8 Å². The van der Waals surface area contributed by atoms with Crippen molar-refractivity contribution in [3.05, 3.63) is 47.5 Å². The van der Waals surface area contributed by atoms with Crippen LogP contribution in [0, 0.1) is 0 Å². The lowest BCUT2D eigenvalue weighted by atomic mass is 10.2. The molecule has 1 aliphatic rings. The second-order valence-electron chi connectivity index (χ2n) is 6.22. The summed E-state index contributed by atoms with van der Waals surface area (Å²) in [5, 5.41) is 3.24. The first-order valence-electron chi connectivity index (χ1n) is 8.70. The van der Waals surface area contributed by atoms with Crippen molar-refractivity contribution in [3.8, 4) is 11.5 Å². The molecule has 1 heterocycles. The van der Waals surface area contributed by atoms with Crippen LogP contribution in [-0.4, -0.2) is 31.6 Å². The molecule has 1 unspecified atom stereocenters. The molecule has 6 nitrogen and oxygen atoms in total. The van der Waals surface area contributed by atoms with E-state index < -0.39 is 6.10 Å². The summed E-state index contributed by atoms with van der Waals surface area (Å²) in [6, 6.07) is 12.2. The minimum Gasteiger partial charge on any atom is -0.494 e. The molecule has 1 N–H and O–H groups in total. The third-order valence-corrected chi connectivity index (χ3v) is 4.63. The van der Waals surface area contributed by atoms with E-state index in [4.69, 9.17) is 21.1 Å². The molecular weight excluding hydrogens is 368 g/mol. The van der Waals surface area contributed by atoms with Gasteiger partial charge in [0.2, 0.25) is 5.91 Å². The zero-order chi connectivity index (χ0) is 19.4. The van der Waals surface area contributed by atoms with Crippen molar-refractivity contribution >= 4 is 34.8 Å². The van der Waals surface area contributed by atoms with E-state index in [1.165, 1.54) is 7.11 Å². The molecule has 3 rings (SSSR count). The highest BCUT2D eigenvalue weighted by molar-refractivity contribution is 6.32. The maximum absolute atomic E-state index is 12.4. The molecule has 142 valence electrons. The summed E-state index contributed by atoms with van der Waals surface area (Å²) in [4.78, 5) is 26.1. The highest BCUT2D eigenvalue weighted by Crippen LogP contribution is 2.34. The molecule has 0 bridgehead atoms. The average Bonchev–Trinajstić information content (AvgIpc) is 3.09. The predicted octanol–water partition coefficient (Wildman–Crippen LogP) is 3.88. The highest BCUT2D eigenvalue weighted by Gasteiger charge is 2.25. The van der Waals surface area contributed by atoms with Crippen LogP contribution < -0.4 is 19.7 Å². The van der Waals surface area contributed by atoms with Crippen LogP contribution in [0.3, 0.4) is 0 Å². The van der Waals surface area contributed by atoms with Gasteiger partial charge in [0.05, 0.1) is 17.8 Å². The minimum atomic E-state index is -0.740. The van der Waals surface area contributed by atoms with Crippen LogP contribution in [0.25, 0.3) is 0 Å². The van der Waals surface area contributed by atoms with E-state index in [1.54, 1.807) is 54.3 Å². The van der Waals surface area contributed by atoms with Crippen molar-refractivity contribution in [3.63, 3.8) is 0 Å². The number of methoxy groups -OCH3 is 1. The summed E-state index contributed by atoms with van der Waals surface area (Å²) in [5.74, 6) is 0.735. The van der Waals surface area contributed by atoms with E-state index >= 15 is 0 Å². The number of para-hydroxylation sites is 1. The lowest BCUT2D eigenvalue weighted by molar-refractivity contribution is -0.122. The standard InChI is InChI=1S/C20H21ClN2O4/c1-13(27-17-7-4-3-6-15(17)21)20(25)22-14-9-10-16(18(12-14)26-2)23-11-5-8-19(23)24/h3-4,6-7,9-10,12-13H,5,8,11H2,1-2H3,(H,22,25). The van der Waals surface area contributed by atoms with Gasteiger partial charge in [-0.1, -0.05) is 23.7 Å². The summed E-state index contributed by atoms with van der Waals surface area (Å²) < 4.78 is 11.0. The van der Waals surface area contributed by atoms with Gasteiger partial charge in [-0.05, 0) is 37.6 Å². The van der Waals surface area contributed by atoms with E-state index in [0.29, 0.717) is 40.9 Å². The quantitative estimate of drug-likeness (QED) is 0.815. The number of rotatable bonds is 6. The van der Waals surface area contributed by atoms with Crippen molar-refractivity contribution in [1.82, 2.24) is 0 Å². The number of anilines is 2. The summed E-state index contributed by atoms with van der Waals surface area (Å²) in [5.41, 5.74) is 1.26. The number of carbonyl (C=O) groups is 2. The number of nitrogens with one attached hydrogen (secondary N) is 1. The number of ether oxygens (including phenoxy) is 2. The zero-order valence-corrected chi connectivity index (χ0v) is 16.0. The average molecular weight is 389 g/mol. The molecule has 27 heavy (non-hydrogen) atoms. The molecule has 2 aromatic carbocycles. The van der Waals surface area contributed by atoms with Crippen molar-refractivity contribution in [2.45, 2.75) is 25.9 Å². The van der Waals surface area contributed by atoms with Crippen molar-refractivity contribution in [1.29, 1.82) is 0 Å². The fraction of sp³-hybridized carbons (Fsp3) is 0.300. The summed E-state index contributed by atoms with van der Waals surface area (Å²) in [6.07, 6.45) is 0.631. The monoisotopic (exact) mass is 388 g/mol. The molecule has 0 saturated carbocycles. The predicted molar refractivity (Wildman–Crippen MR) is 105 cm³/mol. The first kappa shape index (κ1) is 19.0. The molecule has 0 aromatic heterocycles. The molecule has 1 atom stereocenters. The molecule has 1 fully saturated rings. The normalized spacial score (nSPS) is 14.8. The van der Waals surface area contributed by atoms with Crippen LogP contribution >= 0.6 is 11.6 Å². The molecule has 0 aliphatic carbocycles. The van der Waals surface area contributed by atoms with Crippen LogP contribution in [0.4, 0.5) is 11.4 Å². The molecule has 1 saturated heterocycles. The van der Waals surface area contributed by atoms with Gasteiger partial charge in [0.15, 0.2) is 6.10 Å². The smallest absolute Gasteiger partial charge is 0.265 e. The number of nitrogens with zero attached hydrogens (tertiary/aromatic N) is 1. The van der Waals surface area contributed by atoms with Gasteiger partial charge in [0.25, 0.3) is 5.91 Å². The Morgan fingerprint density at radius 1 is 1.22 bits per heavy atom. The molecule has 0 radical (unpaired) electrons. The van der Waals surface area contributed by atoms with Crippen molar-refractivity contribution in [2.24, 2.45) is 0 Å². The lowest BCUT2D eigenvalue weighted by Crippen LogP contribution is -2.30. The second kappa shape index (κ2) is 8.31. The molecule has 2 aromatic rings. The third-order valence-electron chi connectivity index (χ3n) is 4.32. The van der Waals surface area contributed by atoms with Gasteiger partial charge in [0.1, 0.15) is 11.5 Å². The van der Waals surface area contributed by atoms with Gasteiger partial charge >= 0.3 is 0 Å². The minimum absolute atomic E-state index is 0.0758. The number of hydrogen-bond donors (Lipinski definition) is 1.